The summed E-state index contributed by atoms with van der Waals surface area (Å²) in [5.41, 5.74) is 1.11. The smallest absolute Gasteiger partial charge is 0.336 e. The zero-order valence-corrected chi connectivity index (χ0v) is 14.6. The molecule has 0 bridgehead atoms. The van der Waals surface area contributed by atoms with Gasteiger partial charge in [-0.15, -0.1) is 0 Å². The molecule has 1 aromatic heterocycles. The molecule has 2 rings (SSSR count). The van der Waals surface area contributed by atoms with E-state index in [0.717, 1.165) is 28.4 Å². The van der Waals surface area contributed by atoms with E-state index in [1.165, 1.54) is 6.07 Å². The van der Waals surface area contributed by atoms with Crippen molar-refractivity contribution in [3.63, 3.8) is 0 Å². The molecule has 22 heavy (non-hydrogen) atoms. The van der Waals surface area contributed by atoms with Crippen molar-refractivity contribution < 1.29 is 9.15 Å². The van der Waals surface area contributed by atoms with Crippen LogP contribution in [0.4, 0.5) is 0 Å². The van der Waals surface area contributed by atoms with Gasteiger partial charge < -0.3 is 14.1 Å². The molecule has 2 aromatic rings. The fourth-order valence-electron chi connectivity index (χ4n) is 2.17. The Morgan fingerprint density at radius 2 is 2.05 bits per heavy atom. The average Bonchev–Trinajstić information content (AvgIpc) is 2.52. The Morgan fingerprint density at radius 1 is 1.32 bits per heavy atom. The first kappa shape index (κ1) is 16.8. The van der Waals surface area contributed by atoms with E-state index >= 15 is 0 Å². The Kier molecular flexibility index (Phi) is 5.85. The van der Waals surface area contributed by atoms with Crippen LogP contribution in [-0.4, -0.2) is 29.4 Å². The third-order valence-corrected chi connectivity index (χ3v) is 4.98. The first-order chi connectivity index (χ1) is 10.6. The SMILES string of the molecule is CCN(CC)C(=S)SCc1cc(=O)oc2cc(OC)ccc12. The summed E-state index contributed by atoms with van der Waals surface area (Å²) in [5.74, 6) is 1.31. The van der Waals surface area contributed by atoms with E-state index in [1.807, 2.05) is 12.1 Å². The fraction of sp³-hybridized carbons (Fsp3) is 0.375. The van der Waals surface area contributed by atoms with Crippen LogP contribution in [-0.2, 0) is 5.75 Å². The molecule has 0 aliphatic heterocycles. The second-order valence-electron chi connectivity index (χ2n) is 4.68. The van der Waals surface area contributed by atoms with Crippen LogP contribution in [0.3, 0.4) is 0 Å². The summed E-state index contributed by atoms with van der Waals surface area (Å²) in [4.78, 5) is 13.9. The lowest BCUT2D eigenvalue weighted by atomic mass is 10.1. The van der Waals surface area contributed by atoms with E-state index in [9.17, 15) is 4.79 Å². The molecule has 0 N–H and O–H groups in total. The molecule has 0 spiro atoms. The van der Waals surface area contributed by atoms with Crippen LogP contribution >= 0.6 is 24.0 Å². The predicted molar refractivity (Wildman–Crippen MR) is 95.9 cm³/mol. The van der Waals surface area contributed by atoms with Gasteiger partial charge in [0, 0.05) is 36.4 Å². The maximum atomic E-state index is 11.7. The minimum absolute atomic E-state index is 0.356. The monoisotopic (exact) mass is 337 g/mol. The lowest BCUT2D eigenvalue weighted by molar-refractivity contribution is 0.414. The van der Waals surface area contributed by atoms with Crippen molar-refractivity contribution in [2.24, 2.45) is 0 Å². The summed E-state index contributed by atoms with van der Waals surface area (Å²) >= 11 is 7.00. The molecule has 0 radical (unpaired) electrons. The molecule has 0 atom stereocenters. The first-order valence-electron chi connectivity index (χ1n) is 7.11. The van der Waals surface area contributed by atoms with Crippen molar-refractivity contribution in [2.45, 2.75) is 19.6 Å². The number of thioether (sulfide) groups is 1. The molecule has 0 aliphatic carbocycles. The van der Waals surface area contributed by atoms with E-state index in [1.54, 1.807) is 24.9 Å². The molecule has 6 heteroatoms. The summed E-state index contributed by atoms with van der Waals surface area (Å²) < 4.78 is 11.3. The maximum Gasteiger partial charge on any atom is 0.336 e. The van der Waals surface area contributed by atoms with Gasteiger partial charge in [-0.2, -0.15) is 0 Å². The standard InChI is InChI=1S/C16H19NO3S2/c1-4-17(5-2)16(21)22-10-11-8-15(18)20-14-9-12(19-3)6-7-13(11)14/h6-9H,4-5,10H2,1-3H3. The van der Waals surface area contributed by atoms with E-state index in [-0.39, 0.29) is 5.63 Å². The van der Waals surface area contributed by atoms with Crippen molar-refractivity contribution in [3.05, 3.63) is 40.2 Å². The number of rotatable bonds is 5. The largest absolute Gasteiger partial charge is 0.497 e. The third kappa shape index (κ3) is 3.81. The summed E-state index contributed by atoms with van der Waals surface area (Å²) in [5, 5.41) is 0.912. The van der Waals surface area contributed by atoms with Crippen LogP contribution in [0.15, 0.2) is 33.5 Å². The second kappa shape index (κ2) is 7.65. The summed E-state index contributed by atoms with van der Waals surface area (Å²) in [7, 11) is 1.58. The molecule has 0 saturated heterocycles. The Bertz CT molecular complexity index is 723. The molecule has 0 saturated carbocycles. The van der Waals surface area contributed by atoms with Crippen LogP contribution < -0.4 is 10.4 Å². The van der Waals surface area contributed by atoms with Gasteiger partial charge in [0.1, 0.15) is 15.7 Å². The maximum absolute atomic E-state index is 11.7. The molecule has 1 aromatic carbocycles. The lowest BCUT2D eigenvalue weighted by Gasteiger charge is -2.20. The van der Waals surface area contributed by atoms with E-state index in [0.29, 0.717) is 17.1 Å². The fourth-order valence-corrected chi connectivity index (χ4v) is 3.56. The highest BCUT2D eigenvalue weighted by Gasteiger charge is 2.10. The van der Waals surface area contributed by atoms with Gasteiger partial charge in [0.2, 0.25) is 0 Å². The highest BCUT2D eigenvalue weighted by atomic mass is 32.2. The normalized spacial score (nSPS) is 10.7. The van der Waals surface area contributed by atoms with Gasteiger partial charge in [0.15, 0.2) is 0 Å². The highest BCUT2D eigenvalue weighted by molar-refractivity contribution is 8.22. The molecule has 0 aliphatic rings. The number of methoxy groups -OCH3 is 1. The number of hydrogen-bond acceptors (Lipinski definition) is 5. The molecular weight excluding hydrogens is 318 g/mol. The number of hydrogen-bond donors (Lipinski definition) is 0. The van der Waals surface area contributed by atoms with Crippen LogP contribution in [0.5, 0.6) is 5.75 Å². The average molecular weight is 337 g/mol. The van der Waals surface area contributed by atoms with Crippen LogP contribution in [0.25, 0.3) is 11.0 Å². The Balaban J connectivity index is 2.27. The van der Waals surface area contributed by atoms with Crippen molar-refractivity contribution in [2.75, 3.05) is 20.2 Å². The summed E-state index contributed by atoms with van der Waals surface area (Å²) in [6.45, 7) is 5.93. The lowest BCUT2D eigenvalue weighted by Crippen LogP contribution is -2.26. The van der Waals surface area contributed by atoms with Gasteiger partial charge in [0.05, 0.1) is 7.11 Å². The quantitative estimate of drug-likeness (QED) is 0.613. The number of thiocarbonyl (C=S) groups is 1. The minimum atomic E-state index is -0.356. The Morgan fingerprint density at radius 3 is 2.68 bits per heavy atom. The molecule has 0 unspecified atom stereocenters. The van der Waals surface area contributed by atoms with Gasteiger partial charge in [-0.1, -0.05) is 24.0 Å². The van der Waals surface area contributed by atoms with Gasteiger partial charge >= 0.3 is 5.63 Å². The number of benzene rings is 1. The Labute approximate surface area is 139 Å². The third-order valence-electron chi connectivity index (χ3n) is 3.41. The molecule has 4 nitrogen and oxygen atoms in total. The molecule has 0 amide bonds. The second-order valence-corrected chi connectivity index (χ2v) is 6.29. The number of nitrogens with zero attached hydrogens (tertiary/aromatic N) is 1. The predicted octanol–water partition coefficient (Wildman–Crippen LogP) is 3.66. The van der Waals surface area contributed by atoms with Crippen LogP contribution in [0, 0.1) is 0 Å². The van der Waals surface area contributed by atoms with Crippen molar-refractivity contribution in [1.29, 1.82) is 0 Å². The van der Waals surface area contributed by atoms with Crippen molar-refractivity contribution >= 4 is 39.3 Å². The number of ether oxygens (including phenoxy) is 1. The van der Waals surface area contributed by atoms with Crippen molar-refractivity contribution in [3.8, 4) is 5.75 Å². The molecule has 0 fully saturated rings. The van der Waals surface area contributed by atoms with Gasteiger partial charge in [0.25, 0.3) is 0 Å². The Hall–Kier alpha value is -1.53. The van der Waals surface area contributed by atoms with Gasteiger partial charge in [-0.05, 0) is 31.5 Å². The van der Waals surface area contributed by atoms with Crippen molar-refractivity contribution in [1.82, 2.24) is 4.90 Å². The van der Waals surface area contributed by atoms with Gasteiger partial charge in [-0.3, -0.25) is 0 Å². The zero-order chi connectivity index (χ0) is 16.1. The minimum Gasteiger partial charge on any atom is -0.497 e. The van der Waals surface area contributed by atoms with Crippen LogP contribution in [0.2, 0.25) is 0 Å². The summed E-state index contributed by atoms with van der Waals surface area (Å²) in [6, 6.07) is 7.03. The highest BCUT2D eigenvalue weighted by Crippen LogP contribution is 2.26. The van der Waals surface area contributed by atoms with E-state index < -0.39 is 0 Å². The molecule has 118 valence electrons. The topological polar surface area (TPSA) is 42.7 Å². The van der Waals surface area contributed by atoms with Crippen LogP contribution in [0.1, 0.15) is 19.4 Å². The van der Waals surface area contributed by atoms with Gasteiger partial charge in [-0.25, -0.2) is 4.79 Å². The molecular formula is C16H19NO3S2. The van der Waals surface area contributed by atoms with E-state index in [4.69, 9.17) is 21.4 Å². The zero-order valence-electron chi connectivity index (χ0n) is 12.9. The number of fused-ring (bicyclic) bond motifs is 1. The summed E-state index contributed by atoms with van der Waals surface area (Å²) in [6.07, 6.45) is 0. The molecule has 1 heterocycles. The van der Waals surface area contributed by atoms with E-state index in [2.05, 4.69) is 18.7 Å². The first-order valence-corrected chi connectivity index (χ1v) is 8.50.